The molecule has 0 radical (unpaired) electrons. The molecule has 0 aliphatic carbocycles. The molecule has 1 saturated heterocycles. The zero-order valence-electron chi connectivity index (χ0n) is 17.2. The van der Waals surface area contributed by atoms with Gasteiger partial charge in [-0.25, -0.2) is 0 Å². The monoisotopic (exact) mass is 412 g/mol. The summed E-state index contributed by atoms with van der Waals surface area (Å²) >= 11 is 1.56. The van der Waals surface area contributed by atoms with Gasteiger partial charge in [-0.15, -0.1) is 17.7 Å². The van der Waals surface area contributed by atoms with Crippen molar-refractivity contribution in [2.24, 2.45) is 5.92 Å². The molecule has 0 bridgehead atoms. The number of amides is 2. The van der Waals surface area contributed by atoms with Gasteiger partial charge >= 0.3 is 0 Å². The molecule has 1 aliphatic rings. The second kappa shape index (κ2) is 11.4. The van der Waals surface area contributed by atoms with Crippen molar-refractivity contribution in [3.63, 3.8) is 0 Å². The highest BCUT2D eigenvalue weighted by Gasteiger charge is 2.41. The van der Waals surface area contributed by atoms with E-state index in [0.29, 0.717) is 32.5 Å². The van der Waals surface area contributed by atoms with Gasteiger partial charge in [0.25, 0.3) is 0 Å². The molecule has 3 unspecified atom stereocenters. The van der Waals surface area contributed by atoms with Crippen LogP contribution in [-0.4, -0.2) is 58.9 Å². The van der Waals surface area contributed by atoms with Crippen LogP contribution in [0.1, 0.15) is 26.7 Å². The Balaban J connectivity index is 1.95. The summed E-state index contributed by atoms with van der Waals surface area (Å²) in [6.07, 6.45) is 1.04. The number of benzene rings is 1. The van der Waals surface area contributed by atoms with Crippen LogP contribution in [0.25, 0.3) is 0 Å². The normalized spacial score (nSPS) is 19.1. The van der Waals surface area contributed by atoms with Gasteiger partial charge in [-0.2, -0.15) is 5.26 Å². The molecule has 1 aromatic rings. The number of hydrogen-bond acceptors (Lipinski definition) is 5. The molecule has 0 aromatic heterocycles. The third-order valence-corrected chi connectivity index (χ3v) is 6.37. The highest BCUT2D eigenvalue weighted by molar-refractivity contribution is 8.01. The average molecular weight is 413 g/mol. The summed E-state index contributed by atoms with van der Waals surface area (Å²) in [4.78, 5) is 28.6. The maximum Gasteiger partial charge on any atom is 0.240 e. The molecule has 1 fully saturated rings. The van der Waals surface area contributed by atoms with Crippen molar-refractivity contribution < 1.29 is 9.59 Å². The second-order valence-corrected chi connectivity index (χ2v) is 8.21. The molecule has 7 heteroatoms. The van der Waals surface area contributed by atoms with Gasteiger partial charge in [0.2, 0.25) is 11.8 Å². The molecule has 3 atom stereocenters. The van der Waals surface area contributed by atoms with Gasteiger partial charge in [0.15, 0.2) is 0 Å². The molecule has 1 aromatic carbocycles. The first kappa shape index (κ1) is 22.6. The van der Waals surface area contributed by atoms with E-state index in [1.165, 1.54) is 4.90 Å². The highest BCUT2D eigenvalue weighted by Crippen LogP contribution is 2.37. The van der Waals surface area contributed by atoms with Crippen LogP contribution >= 0.6 is 11.8 Å². The minimum Gasteiger partial charge on any atom is -0.385 e. The van der Waals surface area contributed by atoms with E-state index >= 15 is 0 Å². The van der Waals surface area contributed by atoms with Gasteiger partial charge < -0.3 is 15.1 Å². The molecule has 29 heavy (non-hydrogen) atoms. The van der Waals surface area contributed by atoms with Crippen LogP contribution in [0.5, 0.6) is 0 Å². The van der Waals surface area contributed by atoms with Gasteiger partial charge in [-0.1, -0.05) is 24.1 Å². The lowest BCUT2D eigenvalue weighted by molar-refractivity contribution is -0.134. The van der Waals surface area contributed by atoms with Crippen LogP contribution < -0.4 is 5.32 Å². The number of para-hydroxylation sites is 1. The van der Waals surface area contributed by atoms with E-state index in [0.717, 1.165) is 5.69 Å². The van der Waals surface area contributed by atoms with Crippen molar-refractivity contribution in [1.82, 2.24) is 9.80 Å². The molecule has 0 spiro atoms. The zero-order chi connectivity index (χ0) is 21.2. The number of anilines is 1. The lowest BCUT2D eigenvalue weighted by atomic mass is 10.0. The highest BCUT2D eigenvalue weighted by atomic mass is 32.2. The third kappa shape index (κ3) is 6.17. The molecule has 2 amide bonds. The SMILES string of the molecule is CC#CCN(C)C(=O)C(C#N)CC1SC(CCNc2ccccc2)C(=O)N1CC. The van der Waals surface area contributed by atoms with Gasteiger partial charge in [0.1, 0.15) is 5.92 Å². The summed E-state index contributed by atoms with van der Waals surface area (Å²) < 4.78 is 0. The summed E-state index contributed by atoms with van der Waals surface area (Å²) in [6, 6.07) is 12.0. The fraction of sp³-hybridized carbons (Fsp3) is 0.500. The third-order valence-electron chi connectivity index (χ3n) is 4.84. The molecule has 1 heterocycles. The minimum atomic E-state index is -0.779. The van der Waals surface area contributed by atoms with E-state index in [1.54, 1.807) is 30.6 Å². The molecule has 1 N–H and O–H groups in total. The van der Waals surface area contributed by atoms with Gasteiger partial charge in [-0.05, 0) is 32.4 Å². The fourth-order valence-electron chi connectivity index (χ4n) is 3.24. The van der Waals surface area contributed by atoms with Gasteiger partial charge in [0.05, 0.1) is 23.2 Å². The van der Waals surface area contributed by atoms with Crippen LogP contribution in [0.4, 0.5) is 5.69 Å². The maximum absolute atomic E-state index is 12.8. The molecular formula is C22H28N4O2S. The molecule has 6 nitrogen and oxygen atoms in total. The first-order valence-electron chi connectivity index (χ1n) is 9.80. The van der Waals surface area contributed by atoms with Crippen LogP contribution in [0.3, 0.4) is 0 Å². The fourth-order valence-corrected chi connectivity index (χ4v) is 4.83. The minimum absolute atomic E-state index is 0.0895. The Morgan fingerprint density at radius 3 is 2.72 bits per heavy atom. The molecular weight excluding hydrogens is 384 g/mol. The summed E-state index contributed by atoms with van der Waals surface area (Å²) in [7, 11) is 1.65. The molecule has 2 rings (SSSR count). The van der Waals surface area contributed by atoms with E-state index in [1.807, 2.05) is 37.3 Å². The predicted molar refractivity (Wildman–Crippen MR) is 117 cm³/mol. The van der Waals surface area contributed by atoms with Crippen LogP contribution in [-0.2, 0) is 9.59 Å². The van der Waals surface area contributed by atoms with E-state index in [9.17, 15) is 14.9 Å². The Morgan fingerprint density at radius 1 is 1.38 bits per heavy atom. The van der Waals surface area contributed by atoms with Crippen LogP contribution in [0.2, 0.25) is 0 Å². The summed E-state index contributed by atoms with van der Waals surface area (Å²) in [5, 5.41) is 12.6. The van der Waals surface area contributed by atoms with Crippen molar-refractivity contribution in [1.29, 1.82) is 5.26 Å². The summed E-state index contributed by atoms with van der Waals surface area (Å²) in [6.45, 7) is 5.21. The van der Waals surface area contributed by atoms with E-state index in [4.69, 9.17) is 0 Å². The number of nitrogens with zero attached hydrogens (tertiary/aromatic N) is 3. The molecule has 1 aliphatic heterocycles. The van der Waals surface area contributed by atoms with Crippen molar-refractivity contribution in [2.45, 2.75) is 37.3 Å². The first-order chi connectivity index (χ1) is 14.0. The number of thioether (sulfide) groups is 1. The molecule has 154 valence electrons. The maximum atomic E-state index is 12.8. The number of nitriles is 1. The summed E-state index contributed by atoms with van der Waals surface area (Å²) in [5.74, 6) is 4.66. The van der Waals surface area contributed by atoms with E-state index in [2.05, 4.69) is 23.2 Å². The van der Waals surface area contributed by atoms with Crippen molar-refractivity contribution >= 4 is 29.3 Å². The zero-order valence-corrected chi connectivity index (χ0v) is 18.0. The van der Waals surface area contributed by atoms with Crippen molar-refractivity contribution in [3.8, 4) is 17.9 Å². The standard InChI is InChI=1S/C22H28N4O2S/c1-4-6-14-25(3)21(27)17(16-23)15-20-26(5-2)22(28)19(29-20)12-13-24-18-10-8-7-9-11-18/h7-11,17,19-20,24H,5,12-15H2,1-3H3. The average Bonchev–Trinajstić information content (AvgIpc) is 3.04. The van der Waals surface area contributed by atoms with Crippen molar-refractivity contribution in [2.75, 3.05) is 32.0 Å². The number of rotatable bonds is 9. The second-order valence-electron chi connectivity index (χ2n) is 6.82. The first-order valence-corrected chi connectivity index (χ1v) is 10.7. The molecule has 0 saturated carbocycles. The quantitative estimate of drug-likeness (QED) is 0.631. The lowest BCUT2D eigenvalue weighted by Gasteiger charge is -2.25. The summed E-state index contributed by atoms with van der Waals surface area (Å²) in [5.41, 5.74) is 1.03. The lowest BCUT2D eigenvalue weighted by Crippen LogP contribution is -2.39. The number of carbonyl (C=O) groups is 2. The Kier molecular flexibility index (Phi) is 8.89. The smallest absolute Gasteiger partial charge is 0.240 e. The Hall–Kier alpha value is -2.64. The largest absolute Gasteiger partial charge is 0.385 e. The predicted octanol–water partition coefficient (Wildman–Crippen LogP) is 2.79. The van der Waals surface area contributed by atoms with Crippen LogP contribution in [0, 0.1) is 29.1 Å². The van der Waals surface area contributed by atoms with Gasteiger partial charge in [0, 0.05) is 32.2 Å². The number of carbonyl (C=O) groups excluding carboxylic acids is 2. The van der Waals surface area contributed by atoms with Gasteiger partial charge in [-0.3, -0.25) is 9.59 Å². The topological polar surface area (TPSA) is 76.4 Å². The number of nitrogens with one attached hydrogen (secondary N) is 1. The van der Waals surface area contributed by atoms with E-state index < -0.39 is 5.92 Å². The van der Waals surface area contributed by atoms with Crippen molar-refractivity contribution in [3.05, 3.63) is 30.3 Å². The Morgan fingerprint density at radius 2 is 2.10 bits per heavy atom. The Bertz CT molecular complexity index is 797. The van der Waals surface area contributed by atoms with Crippen LogP contribution in [0.15, 0.2) is 30.3 Å². The van der Waals surface area contributed by atoms with E-state index in [-0.39, 0.29) is 22.4 Å². The Labute approximate surface area is 177 Å². The number of hydrogen-bond donors (Lipinski definition) is 1.